The minimum absolute atomic E-state index is 0.127. The van der Waals surface area contributed by atoms with Crippen LogP contribution in [0.3, 0.4) is 0 Å². The highest BCUT2D eigenvalue weighted by Gasteiger charge is 2.42. The Morgan fingerprint density at radius 2 is 1.16 bits per heavy atom. The van der Waals surface area contributed by atoms with Gasteiger partial charge in [-0.2, -0.15) is 25.3 Å². The summed E-state index contributed by atoms with van der Waals surface area (Å²) in [6.45, 7) is 13.5. The first-order chi connectivity index (χ1) is 26.1. The lowest BCUT2D eigenvalue weighted by Gasteiger charge is -2.27. The smallest absolute Gasteiger partial charge is 0.294 e. The SMILES string of the molecule is Cc1ccc2c(c1)C(C)(C)C(=CC=C1CC/C(=C\C=C3\N(CCCS(=O)(=O)O)c4ccc(S(=O)(=O)O)cc4C3(C)C)C1=[N+]1CCOCC1)N2CCCS(=O)(=O)O. The monoisotopic (exact) mass is 830 g/mol. The number of benzene rings is 2. The van der Waals surface area contributed by atoms with Crippen LogP contribution in [0, 0.1) is 6.92 Å². The zero-order valence-electron chi connectivity index (χ0n) is 32.5. The van der Waals surface area contributed by atoms with Crippen molar-refractivity contribution in [3.05, 3.63) is 99.9 Å². The summed E-state index contributed by atoms with van der Waals surface area (Å²) in [7, 11) is -12.8. The second-order valence-electron chi connectivity index (χ2n) is 15.9. The summed E-state index contributed by atoms with van der Waals surface area (Å²) in [6, 6.07) is 10.7. The number of aryl methyl sites for hydroxylation is 1. The van der Waals surface area contributed by atoms with Crippen molar-refractivity contribution in [3.63, 3.8) is 0 Å². The molecule has 0 spiro atoms. The summed E-state index contributed by atoms with van der Waals surface area (Å²) in [6.07, 6.45) is 10.3. The summed E-state index contributed by atoms with van der Waals surface area (Å²) in [5.41, 5.74) is 8.71. The van der Waals surface area contributed by atoms with Crippen molar-refractivity contribution >= 4 is 47.4 Å². The highest BCUT2D eigenvalue weighted by atomic mass is 32.2. The van der Waals surface area contributed by atoms with Crippen molar-refractivity contribution < 1.29 is 48.2 Å². The molecule has 0 aromatic heterocycles. The van der Waals surface area contributed by atoms with Gasteiger partial charge >= 0.3 is 0 Å². The molecule has 16 heteroatoms. The molecule has 304 valence electrons. The molecular formula is C40H52N3O10S3+. The van der Waals surface area contributed by atoms with E-state index in [-0.39, 0.29) is 35.4 Å². The first kappa shape index (κ1) is 42.0. The number of anilines is 2. The van der Waals surface area contributed by atoms with Crippen LogP contribution in [0.2, 0.25) is 0 Å². The third kappa shape index (κ3) is 8.91. The minimum atomic E-state index is -4.48. The van der Waals surface area contributed by atoms with Gasteiger partial charge in [0.05, 0.1) is 16.4 Å². The van der Waals surface area contributed by atoms with E-state index in [2.05, 4.69) is 60.6 Å². The summed E-state index contributed by atoms with van der Waals surface area (Å²) in [5, 5.41) is 0. The summed E-state index contributed by atoms with van der Waals surface area (Å²) < 4.78 is 108. The molecule has 2 aromatic rings. The number of nitrogens with zero attached hydrogens (tertiary/aromatic N) is 3. The van der Waals surface area contributed by atoms with Gasteiger partial charge in [-0.1, -0.05) is 57.5 Å². The average molecular weight is 831 g/mol. The standard InChI is InChI=1S/C40H51N3O10S3/c1-28-8-14-34-32(26-28)39(2,3)36(42(34)18-6-24-54(44,45)46)16-11-29-9-10-30(38(29)41-20-22-53-23-21-41)12-17-37-40(4,5)33-27-31(56(50,51)52)13-15-35(33)43(37)19-7-25-55(47,48)49/h8,11-17,26-27H,6-7,9-10,18-25H2,1-5H3,(H2-,44,45,46,47,48,49,50,51,52)/p+1. The van der Waals surface area contributed by atoms with E-state index in [0.29, 0.717) is 44.1 Å². The van der Waals surface area contributed by atoms with Crippen molar-refractivity contribution in [2.24, 2.45) is 0 Å². The fourth-order valence-corrected chi connectivity index (χ4v) is 9.98. The topological polar surface area (TPSA) is 182 Å². The van der Waals surface area contributed by atoms with Crippen molar-refractivity contribution in [2.75, 3.05) is 60.7 Å². The van der Waals surface area contributed by atoms with Gasteiger partial charge in [0, 0.05) is 57.8 Å². The van der Waals surface area contributed by atoms with Crippen LogP contribution in [0.1, 0.15) is 70.1 Å². The third-order valence-corrected chi connectivity index (χ3v) is 13.7. The summed E-state index contributed by atoms with van der Waals surface area (Å²) in [4.78, 5) is 3.88. The van der Waals surface area contributed by atoms with Gasteiger partial charge in [-0.05, 0) is 80.2 Å². The van der Waals surface area contributed by atoms with E-state index in [1.54, 1.807) is 6.07 Å². The normalized spacial score (nSPS) is 22.6. The molecule has 2 aromatic carbocycles. The summed E-state index contributed by atoms with van der Waals surface area (Å²) >= 11 is 0. The lowest BCUT2D eigenvalue weighted by atomic mass is 9.83. The largest absolute Gasteiger partial charge is 0.368 e. The quantitative estimate of drug-likeness (QED) is 0.189. The van der Waals surface area contributed by atoms with Crippen molar-refractivity contribution in [2.45, 2.75) is 76.0 Å². The Morgan fingerprint density at radius 3 is 1.62 bits per heavy atom. The molecule has 0 unspecified atom stereocenters. The van der Waals surface area contributed by atoms with Gasteiger partial charge in [-0.3, -0.25) is 13.7 Å². The first-order valence-corrected chi connectivity index (χ1v) is 23.5. The lowest BCUT2D eigenvalue weighted by molar-refractivity contribution is -0.548. The maximum absolute atomic E-state index is 12.1. The van der Waals surface area contributed by atoms with E-state index in [4.69, 9.17) is 4.74 Å². The molecule has 56 heavy (non-hydrogen) atoms. The Morgan fingerprint density at radius 1 is 0.696 bits per heavy atom. The molecule has 3 heterocycles. The van der Waals surface area contributed by atoms with Gasteiger partial charge in [-0.15, -0.1) is 0 Å². The maximum Gasteiger partial charge on any atom is 0.294 e. The van der Waals surface area contributed by atoms with Crippen LogP contribution in [0.25, 0.3) is 0 Å². The van der Waals surface area contributed by atoms with Crippen LogP contribution in [-0.4, -0.2) is 100 Å². The molecule has 4 aliphatic rings. The lowest BCUT2D eigenvalue weighted by Crippen LogP contribution is -2.33. The molecule has 3 aliphatic heterocycles. The zero-order valence-corrected chi connectivity index (χ0v) is 35.0. The molecule has 1 aliphatic carbocycles. The first-order valence-electron chi connectivity index (χ1n) is 18.8. The van der Waals surface area contributed by atoms with Crippen LogP contribution in [0.5, 0.6) is 0 Å². The Kier molecular flexibility index (Phi) is 11.7. The minimum Gasteiger partial charge on any atom is -0.368 e. The van der Waals surface area contributed by atoms with Gasteiger partial charge in [0.15, 0.2) is 13.1 Å². The Bertz CT molecular complexity index is 2400. The zero-order chi connectivity index (χ0) is 40.8. The molecular weight excluding hydrogens is 779 g/mol. The Hall–Kier alpha value is -3.64. The van der Waals surface area contributed by atoms with Gasteiger partial charge in [-0.25, -0.2) is 4.58 Å². The molecule has 0 atom stereocenters. The number of ether oxygens (including phenoxy) is 1. The third-order valence-electron chi connectivity index (χ3n) is 11.3. The molecule has 0 bridgehead atoms. The van der Waals surface area contributed by atoms with Crippen LogP contribution in [0.4, 0.5) is 11.4 Å². The van der Waals surface area contributed by atoms with Crippen molar-refractivity contribution in [1.82, 2.24) is 0 Å². The second-order valence-corrected chi connectivity index (χ2v) is 20.5. The maximum atomic E-state index is 12.1. The Labute approximate surface area is 331 Å². The molecule has 6 rings (SSSR count). The van der Waals surface area contributed by atoms with Gasteiger partial charge in [0.25, 0.3) is 30.4 Å². The average Bonchev–Trinajstić information content (AvgIpc) is 3.66. The van der Waals surface area contributed by atoms with E-state index in [1.807, 2.05) is 30.9 Å². The fourth-order valence-electron chi connectivity index (χ4n) is 8.49. The number of rotatable bonds is 11. The molecule has 13 nitrogen and oxygen atoms in total. The summed E-state index contributed by atoms with van der Waals surface area (Å²) in [5.74, 6) is -0.769. The van der Waals surface area contributed by atoms with E-state index in [0.717, 1.165) is 57.9 Å². The highest BCUT2D eigenvalue weighted by Crippen LogP contribution is 2.50. The van der Waals surface area contributed by atoms with Crippen LogP contribution >= 0.6 is 0 Å². The van der Waals surface area contributed by atoms with Crippen LogP contribution in [-0.2, 0) is 45.9 Å². The molecule has 1 saturated heterocycles. The van der Waals surface area contributed by atoms with Gasteiger partial charge < -0.3 is 14.5 Å². The number of hydrogen-bond donors (Lipinski definition) is 3. The molecule has 3 N–H and O–H groups in total. The van der Waals surface area contributed by atoms with E-state index < -0.39 is 41.5 Å². The number of morpholine rings is 1. The van der Waals surface area contributed by atoms with E-state index in [1.165, 1.54) is 12.1 Å². The predicted molar refractivity (Wildman–Crippen MR) is 218 cm³/mol. The fraction of sp³-hybridized carbons (Fsp3) is 0.475. The molecule has 2 fully saturated rings. The number of allylic oxidation sites excluding steroid dienone is 8. The molecule has 0 amide bonds. The number of fused-ring (bicyclic) bond motifs is 2. The predicted octanol–water partition coefficient (Wildman–Crippen LogP) is 5.59. The van der Waals surface area contributed by atoms with Gasteiger partial charge in [0.2, 0.25) is 5.71 Å². The Balaban J connectivity index is 1.41. The second kappa shape index (κ2) is 15.6. The molecule has 0 radical (unpaired) electrons. The highest BCUT2D eigenvalue weighted by molar-refractivity contribution is 7.86. The van der Waals surface area contributed by atoms with Crippen molar-refractivity contribution in [3.8, 4) is 0 Å². The molecule has 1 saturated carbocycles. The van der Waals surface area contributed by atoms with Crippen LogP contribution < -0.4 is 9.80 Å². The van der Waals surface area contributed by atoms with Crippen molar-refractivity contribution in [1.29, 1.82) is 0 Å². The number of hydrogen-bond acceptors (Lipinski definition) is 9. The van der Waals surface area contributed by atoms with E-state index in [9.17, 15) is 38.9 Å². The van der Waals surface area contributed by atoms with E-state index >= 15 is 0 Å². The van der Waals surface area contributed by atoms with Crippen LogP contribution in [0.15, 0.2) is 88.1 Å². The van der Waals surface area contributed by atoms with Gasteiger partial charge in [0.1, 0.15) is 13.2 Å².